The van der Waals surface area contributed by atoms with Crippen LogP contribution in [0.2, 0.25) is 0 Å². The SMILES string of the molecule is CNC1(C)C=CC=C(C=O)C(C(=O)N(C)C2CCC(=O)NC2=O)=C1. The molecule has 2 atom stereocenters. The van der Waals surface area contributed by atoms with Crippen molar-refractivity contribution in [3.05, 3.63) is 35.5 Å². The predicted molar refractivity (Wildman–Crippen MR) is 87.8 cm³/mol. The van der Waals surface area contributed by atoms with Gasteiger partial charge in [0, 0.05) is 24.6 Å². The Morgan fingerprint density at radius 3 is 2.75 bits per heavy atom. The van der Waals surface area contributed by atoms with E-state index in [1.165, 1.54) is 11.9 Å². The van der Waals surface area contributed by atoms with Crippen molar-refractivity contribution in [2.45, 2.75) is 31.3 Å². The van der Waals surface area contributed by atoms with Crippen LogP contribution in [0.25, 0.3) is 0 Å². The zero-order valence-corrected chi connectivity index (χ0v) is 14.0. The molecule has 128 valence electrons. The van der Waals surface area contributed by atoms with Crippen molar-refractivity contribution < 1.29 is 19.2 Å². The first-order valence-corrected chi connectivity index (χ1v) is 7.69. The molecule has 0 aromatic carbocycles. The van der Waals surface area contributed by atoms with Gasteiger partial charge in [0.2, 0.25) is 11.8 Å². The molecule has 0 radical (unpaired) electrons. The maximum Gasteiger partial charge on any atom is 0.254 e. The second-order valence-corrected chi connectivity index (χ2v) is 6.07. The summed E-state index contributed by atoms with van der Waals surface area (Å²) in [6.45, 7) is 1.87. The minimum atomic E-state index is -0.735. The number of aldehydes is 1. The van der Waals surface area contributed by atoms with E-state index in [0.29, 0.717) is 6.29 Å². The average molecular weight is 331 g/mol. The van der Waals surface area contributed by atoms with Gasteiger partial charge < -0.3 is 10.2 Å². The van der Waals surface area contributed by atoms with Gasteiger partial charge in [0.25, 0.3) is 5.91 Å². The van der Waals surface area contributed by atoms with E-state index in [-0.39, 0.29) is 29.9 Å². The molecule has 3 amide bonds. The van der Waals surface area contributed by atoms with Crippen LogP contribution >= 0.6 is 0 Å². The normalized spacial score (nSPS) is 26.9. The third-order valence-corrected chi connectivity index (χ3v) is 4.37. The Morgan fingerprint density at radius 2 is 2.17 bits per heavy atom. The number of likely N-dealkylation sites (N-methyl/N-ethyl adjacent to an activating group) is 2. The lowest BCUT2D eigenvalue weighted by atomic mass is 9.95. The van der Waals surface area contributed by atoms with Crippen LogP contribution in [-0.2, 0) is 19.2 Å². The Balaban J connectivity index is 2.33. The second kappa shape index (κ2) is 6.92. The van der Waals surface area contributed by atoms with Crippen molar-refractivity contribution in [2.24, 2.45) is 0 Å². The highest BCUT2D eigenvalue weighted by molar-refractivity contribution is 6.08. The number of amides is 3. The van der Waals surface area contributed by atoms with Gasteiger partial charge in [-0.05, 0) is 26.5 Å². The number of nitrogens with zero attached hydrogens (tertiary/aromatic N) is 1. The quantitative estimate of drug-likeness (QED) is 0.552. The number of allylic oxidation sites excluding steroid dienone is 2. The minimum Gasteiger partial charge on any atom is -0.330 e. The maximum absolute atomic E-state index is 12.9. The summed E-state index contributed by atoms with van der Waals surface area (Å²) in [5.74, 6) is -1.28. The number of carbonyl (C=O) groups is 4. The zero-order chi connectivity index (χ0) is 17.9. The van der Waals surface area contributed by atoms with E-state index in [2.05, 4.69) is 10.6 Å². The van der Waals surface area contributed by atoms with E-state index < -0.39 is 23.4 Å². The lowest BCUT2D eigenvalue weighted by Gasteiger charge is -2.31. The van der Waals surface area contributed by atoms with Gasteiger partial charge in [-0.3, -0.25) is 24.5 Å². The number of rotatable bonds is 4. The summed E-state index contributed by atoms with van der Waals surface area (Å²) >= 11 is 0. The van der Waals surface area contributed by atoms with Gasteiger partial charge in [0.05, 0.1) is 5.54 Å². The highest BCUT2D eigenvalue weighted by atomic mass is 16.2. The zero-order valence-electron chi connectivity index (χ0n) is 14.0. The van der Waals surface area contributed by atoms with E-state index in [1.807, 2.05) is 13.0 Å². The molecule has 24 heavy (non-hydrogen) atoms. The van der Waals surface area contributed by atoms with Crippen LogP contribution in [0.15, 0.2) is 35.5 Å². The fraction of sp³-hybridized carbons (Fsp3) is 0.412. The van der Waals surface area contributed by atoms with Gasteiger partial charge in [0.1, 0.15) is 6.04 Å². The Hall–Kier alpha value is -2.54. The summed E-state index contributed by atoms with van der Waals surface area (Å²) in [4.78, 5) is 48.8. The third kappa shape index (κ3) is 3.51. The van der Waals surface area contributed by atoms with Crippen LogP contribution in [0.3, 0.4) is 0 Å². The van der Waals surface area contributed by atoms with Crippen molar-refractivity contribution in [3.63, 3.8) is 0 Å². The molecule has 0 aromatic rings. The molecule has 1 saturated heterocycles. The molecule has 2 unspecified atom stereocenters. The summed E-state index contributed by atoms with van der Waals surface area (Å²) in [6.07, 6.45) is 7.85. The van der Waals surface area contributed by atoms with Crippen molar-refractivity contribution in [1.29, 1.82) is 0 Å². The maximum atomic E-state index is 12.9. The van der Waals surface area contributed by atoms with Gasteiger partial charge in [-0.25, -0.2) is 0 Å². The average Bonchev–Trinajstić information content (AvgIpc) is 2.73. The molecular formula is C17H21N3O4. The summed E-state index contributed by atoms with van der Waals surface area (Å²) in [6, 6.07) is -0.735. The fourth-order valence-electron chi connectivity index (χ4n) is 2.70. The molecule has 0 bridgehead atoms. The lowest BCUT2D eigenvalue weighted by Crippen LogP contribution is -2.53. The van der Waals surface area contributed by atoms with Crippen LogP contribution in [-0.4, -0.2) is 54.6 Å². The van der Waals surface area contributed by atoms with E-state index >= 15 is 0 Å². The summed E-state index contributed by atoms with van der Waals surface area (Å²) < 4.78 is 0. The van der Waals surface area contributed by atoms with Crippen LogP contribution < -0.4 is 10.6 Å². The molecule has 7 heteroatoms. The predicted octanol–water partition coefficient (Wildman–Crippen LogP) is -0.150. The summed E-state index contributed by atoms with van der Waals surface area (Å²) in [5.41, 5.74) is -0.133. The monoisotopic (exact) mass is 331 g/mol. The minimum absolute atomic E-state index is 0.180. The Bertz CT molecular complexity index is 677. The first kappa shape index (κ1) is 17.8. The van der Waals surface area contributed by atoms with Crippen molar-refractivity contribution in [1.82, 2.24) is 15.5 Å². The summed E-state index contributed by atoms with van der Waals surface area (Å²) in [7, 11) is 3.25. The fourth-order valence-corrected chi connectivity index (χ4v) is 2.70. The van der Waals surface area contributed by atoms with Crippen LogP contribution in [0.5, 0.6) is 0 Å². The Labute approximate surface area is 140 Å². The highest BCUT2D eigenvalue weighted by Crippen LogP contribution is 2.23. The van der Waals surface area contributed by atoms with E-state index in [4.69, 9.17) is 0 Å². The molecule has 0 spiro atoms. The Morgan fingerprint density at radius 1 is 1.46 bits per heavy atom. The Kier molecular flexibility index (Phi) is 5.14. The van der Waals surface area contributed by atoms with Crippen LogP contribution in [0.1, 0.15) is 19.8 Å². The van der Waals surface area contributed by atoms with Gasteiger partial charge in [0.15, 0.2) is 6.29 Å². The standard InChI is InChI=1S/C17H21N3O4/c1-17(18-2)8-4-5-11(10-21)12(9-17)16(24)20(3)13-6-7-14(22)19-15(13)23/h4-5,8-10,13,18H,6-7H2,1-3H3,(H,19,22,23). The number of hydrogen-bond acceptors (Lipinski definition) is 5. The number of imide groups is 1. The number of nitrogens with one attached hydrogen (secondary N) is 2. The molecule has 0 saturated carbocycles. The van der Waals surface area contributed by atoms with Crippen LogP contribution in [0, 0.1) is 0 Å². The smallest absolute Gasteiger partial charge is 0.254 e. The molecule has 2 rings (SSSR count). The molecule has 1 aliphatic heterocycles. The first-order chi connectivity index (χ1) is 11.3. The number of hydrogen-bond donors (Lipinski definition) is 2. The van der Waals surface area contributed by atoms with Crippen LogP contribution in [0.4, 0.5) is 0 Å². The van der Waals surface area contributed by atoms with Crippen molar-refractivity contribution in [3.8, 4) is 0 Å². The third-order valence-electron chi connectivity index (χ3n) is 4.37. The van der Waals surface area contributed by atoms with Gasteiger partial charge in [-0.2, -0.15) is 0 Å². The van der Waals surface area contributed by atoms with Crippen molar-refractivity contribution >= 4 is 24.0 Å². The first-order valence-electron chi connectivity index (χ1n) is 7.69. The number of piperidine rings is 1. The second-order valence-electron chi connectivity index (χ2n) is 6.07. The van der Waals surface area contributed by atoms with Gasteiger partial charge in [-0.15, -0.1) is 0 Å². The van der Waals surface area contributed by atoms with Gasteiger partial charge >= 0.3 is 0 Å². The largest absolute Gasteiger partial charge is 0.330 e. The molecule has 7 nitrogen and oxygen atoms in total. The molecule has 2 aliphatic rings. The van der Waals surface area contributed by atoms with E-state index in [9.17, 15) is 19.2 Å². The number of carbonyl (C=O) groups excluding carboxylic acids is 4. The van der Waals surface area contributed by atoms with E-state index in [1.54, 1.807) is 25.3 Å². The topological polar surface area (TPSA) is 95.6 Å². The van der Waals surface area contributed by atoms with Crippen molar-refractivity contribution in [2.75, 3.05) is 14.1 Å². The molecule has 0 aromatic heterocycles. The lowest BCUT2D eigenvalue weighted by molar-refractivity contribution is -0.142. The van der Waals surface area contributed by atoms with E-state index in [0.717, 1.165) is 0 Å². The molecule has 2 N–H and O–H groups in total. The molecule has 1 heterocycles. The van der Waals surface area contributed by atoms with Gasteiger partial charge in [-0.1, -0.05) is 18.2 Å². The molecular weight excluding hydrogens is 310 g/mol. The molecule has 1 aliphatic carbocycles. The summed E-state index contributed by atoms with van der Waals surface area (Å²) in [5, 5.41) is 5.31. The highest BCUT2D eigenvalue weighted by Gasteiger charge is 2.34. The molecule has 1 fully saturated rings.